The molecular formula is C13H17N5O2. The molecular weight excluding hydrogens is 258 g/mol. The first-order valence-corrected chi connectivity index (χ1v) is 6.43. The highest BCUT2D eigenvalue weighted by molar-refractivity contribution is 5.77. The monoisotopic (exact) mass is 275 g/mol. The number of hydrogen-bond acceptors (Lipinski definition) is 5. The molecule has 20 heavy (non-hydrogen) atoms. The summed E-state index contributed by atoms with van der Waals surface area (Å²) >= 11 is 0. The Labute approximate surface area is 117 Å². The Kier molecular flexibility index (Phi) is 5.19. The van der Waals surface area contributed by atoms with Crippen molar-refractivity contribution in [3.8, 4) is 11.5 Å². The van der Waals surface area contributed by atoms with Gasteiger partial charge >= 0.3 is 0 Å². The van der Waals surface area contributed by atoms with Gasteiger partial charge in [0.15, 0.2) is 5.82 Å². The largest absolute Gasteiger partial charge is 0.372 e. The summed E-state index contributed by atoms with van der Waals surface area (Å²) in [7, 11) is 0. The first kappa shape index (κ1) is 14.1. The van der Waals surface area contributed by atoms with Crippen LogP contribution in [0.2, 0.25) is 0 Å². The SMILES string of the molecule is CCOCC(=O)NCCn1ccnc1-c1cnccn1. The summed E-state index contributed by atoms with van der Waals surface area (Å²) in [4.78, 5) is 23.9. The van der Waals surface area contributed by atoms with Crippen molar-refractivity contribution in [2.24, 2.45) is 0 Å². The molecule has 2 rings (SSSR count). The molecule has 0 unspecified atom stereocenters. The lowest BCUT2D eigenvalue weighted by atomic mass is 10.4. The average molecular weight is 275 g/mol. The van der Waals surface area contributed by atoms with E-state index in [0.29, 0.717) is 25.4 Å². The Morgan fingerprint density at radius 3 is 3.00 bits per heavy atom. The van der Waals surface area contributed by atoms with Gasteiger partial charge in [0.2, 0.25) is 5.91 Å². The zero-order chi connectivity index (χ0) is 14.2. The van der Waals surface area contributed by atoms with Gasteiger partial charge in [-0.2, -0.15) is 0 Å². The minimum atomic E-state index is -0.118. The number of aromatic nitrogens is 4. The maximum atomic E-state index is 11.4. The lowest BCUT2D eigenvalue weighted by molar-refractivity contribution is -0.125. The molecule has 0 saturated heterocycles. The molecule has 0 bridgehead atoms. The van der Waals surface area contributed by atoms with Gasteiger partial charge in [-0.05, 0) is 6.92 Å². The van der Waals surface area contributed by atoms with Crippen LogP contribution in [-0.4, -0.2) is 45.2 Å². The van der Waals surface area contributed by atoms with E-state index in [1.54, 1.807) is 24.8 Å². The van der Waals surface area contributed by atoms with E-state index < -0.39 is 0 Å². The van der Waals surface area contributed by atoms with E-state index in [2.05, 4.69) is 20.3 Å². The lowest BCUT2D eigenvalue weighted by Gasteiger charge is -2.08. The van der Waals surface area contributed by atoms with Crippen LogP contribution in [-0.2, 0) is 16.1 Å². The second kappa shape index (κ2) is 7.34. The Hall–Kier alpha value is -2.28. The zero-order valence-electron chi connectivity index (χ0n) is 11.3. The Morgan fingerprint density at radius 1 is 1.35 bits per heavy atom. The van der Waals surface area contributed by atoms with Crippen molar-refractivity contribution in [3.05, 3.63) is 31.0 Å². The van der Waals surface area contributed by atoms with Gasteiger partial charge < -0.3 is 14.6 Å². The Bertz CT molecular complexity index is 541. The van der Waals surface area contributed by atoms with Crippen LogP contribution < -0.4 is 5.32 Å². The third kappa shape index (κ3) is 3.86. The summed E-state index contributed by atoms with van der Waals surface area (Å²) in [6.07, 6.45) is 8.44. The van der Waals surface area contributed by atoms with Gasteiger partial charge in [0.25, 0.3) is 0 Å². The van der Waals surface area contributed by atoms with Crippen LogP contribution >= 0.6 is 0 Å². The molecule has 0 aliphatic rings. The van der Waals surface area contributed by atoms with Crippen LogP contribution in [0.4, 0.5) is 0 Å². The van der Waals surface area contributed by atoms with Crippen molar-refractivity contribution in [1.82, 2.24) is 24.8 Å². The quantitative estimate of drug-likeness (QED) is 0.795. The molecule has 2 aromatic rings. The minimum absolute atomic E-state index is 0.0947. The third-order valence-electron chi connectivity index (χ3n) is 2.62. The van der Waals surface area contributed by atoms with E-state index >= 15 is 0 Å². The molecule has 7 nitrogen and oxygen atoms in total. The first-order valence-electron chi connectivity index (χ1n) is 6.43. The standard InChI is InChI=1S/C13H17N5O2/c1-2-20-10-12(19)16-5-7-18-8-6-17-13(18)11-9-14-3-4-15-11/h3-4,6,8-9H,2,5,7,10H2,1H3,(H,16,19). The second-order valence-electron chi connectivity index (χ2n) is 4.02. The van der Waals surface area contributed by atoms with E-state index in [1.807, 2.05) is 17.7 Å². The number of amides is 1. The number of ether oxygens (including phenoxy) is 1. The molecule has 0 aliphatic heterocycles. The van der Waals surface area contributed by atoms with Crippen LogP contribution in [0, 0.1) is 0 Å². The highest BCUT2D eigenvalue weighted by Crippen LogP contribution is 2.12. The predicted molar refractivity (Wildman–Crippen MR) is 72.8 cm³/mol. The molecule has 0 fully saturated rings. The molecule has 1 N–H and O–H groups in total. The summed E-state index contributed by atoms with van der Waals surface area (Å²) in [5, 5.41) is 2.79. The summed E-state index contributed by atoms with van der Waals surface area (Å²) < 4.78 is 6.95. The van der Waals surface area contributed by atoms with Crippen LogP contribution in [0.3, 0.4) is 0 Å². The second-order valence-corrected chi connectivity index (χ2v) is 4.02. The summed E-state index contributed by atoms with van der Waals surface area (Å²) in [5.74, 6) is 0.616. The molecule has 2 aromatic heterocycles. The number of carbonyl (C=O) groups is 1. The lowest BCUT2D eigenvalue weighted by Crippen LogP contribution is -2.30. The van der Waals surface area contributed by atoms with Gasteiger partial charge in [-0.15, -0.1) is 0 Å². The van der Waals surface area contributed by atoms with Crippen molar-refractivity contribution in [2.75, 3.05) is 19.8 Å². The number of rotatable bonds is 7. The number of nitrogens with zero attached hydrogens (tertiary/aromatic N) is 4. The van der Waals surface area contributed by atoms with Gasteiger partial charge in [-0.3, -0.25) is 9.78 Å². The highest BCUT2D eigenvalue weighted by atomic mass is 16.5. The summed E-state index contributed by atoms with van der Waals surface area (Å²) in [6, 6.07) is 0. The molecule has 0 atom stereocenters. The van der Waals surface area contributed by atoms with Crippen molar-refractivity contribution >= 4 is 5.91 Å². The van der Waals surface area contributed by atoms with Crippen molar-refractivity contribution in [3.63, 3.8) is 0 Å². The van der Waals surface area contributed by atoms with Crippen LogP contribution in [0.1, 0.15) is 6.92 Å². The van der Waals surface area contributed by atoms with Gasteiger partial charge in [-0.25, -0.2) is 9.97 Å². The number of carbonyl (C=O) groups excluding carboxylic acids is 1. The van der Waals surface area contributed by atoms with Crippen LogP contribution in [0.5, 0.6) is 0 Å². The fraction of sp³-hybridized carbons (Fsp3) is 0.385. The van der Waals surface area contributed by atoms with Crippen LogP contribution in [0.25, 0.3) is 11.5 Å². The highest BCUT2D eigenvalue weighted by Gasteiger charge is 2.07. The van der Waals surface area contributed by atoms with Gasteiger partial charge in [0, 0.05) is 44.5 Å². The number of hydrogen-bond donors (Lipinski definition) is 1. The van der Waals surface area contributed by atoms with Crippen LogP contribution in [0.15, 0.2) is 31.0 Å². The molecule has 2 heterocycles. The Balaban J connectivity index is 1.89. The topological polar surface area (TPSA) is 81.9 Å². The van der Waals surface area contributed by atoms with E-state index in [-0.39, 0.29) is 12.5 Å². The van der Waals surface area contributed by atoms with E-state index in [4.69, 9.17) is 4.74 Å². The molecule has 0 radical (unpaired) electrons. The van der Waals surface area contributed by atoms with Crippen molar-refractivity contribution in [1.29, 1.82) is 0 Å². The predicted octanol–water partition coefficient (Wildman–Crippen LogP) is 0.493. The molecule has 7 heteroatoms. The smallest absolute Gasteiger partial charge is 0.246 e. The maximum Gasteiger partial charge on any atom is 0.246 e. The number of imidazole rings is 1. The Morgan fingerprint density at radius 2 is 2.25 bits per heavy atom. The molecule has 0 aromatic carbocycles. The number of nitrogens with one attached hydrogen (secondary N) is 1. The fourth-order valence-electron chi connectivity index (χ4n) is 1.70. The third-order valence-corrected chi connectivity index (χ3v) is 2.62. The van der Waals surface area contributed by atoms with E-state index in [0.717, 1.165) is 5.82 Å². The molecule has 0 aliphatic carbocycles. The van der Waals surface area contributed by atoms with Gasteiger partial charge in [-0.1, -0.05) is 0 Å². The van der Waals surface area contributed by atoms with E-state index in [9.17, 15) is 4.79 Å². The maximum absolute atomic E-state index is 11.4. The van der Waals surface area contributed by atoms with Crippen molar-refractivity contribution < 1.29 is 9.53 Å². The molecule has 106 valence electrons. The fourth-order valence-corrected chi connectivity index (χ4v) is 1.70. The van der Waals surface area contributed by atoms with E-state index in [1.165, 1.54) is 0 Å². The zero-order valence-corrected chi connectivity index (χ0v) is 11.3. The normalized spacial score (nSPS) is 10.4. The van der Waals surface area contributed by atoms with Crippen molar-refractivity contribution in [2.45, 2.75) is 13.5 Å². The molecule has 1 amide bonds. The molecule has 0 spiro atoms. The minimum Gasteiger partial charge on any atom is -0.372 e. The average Bonchev–Trinajstić information content (AvgIpc) is 2.94. The summed E-state index contributed by atoms with van der Waals surface area (Å²) in [6.45, 7) is 3.61. The first-order chi connectivity index (χ1) is 9.81. The summed E-state index contributed by atoms with van der Waals surface area (Å²) in [5.41, 5.74) is 0.707. The molecule has 0 saturated carbocycles. The van der Waals surface area contributed by atoms with Gasteiger partial charge in [0.1, 0.15) is 12.3 Å². The van der Waals surface area contributed by atoms with Gasteiger partial charge in [0.05, 0.1) is 6.20 Å².